The third-order valence-corrected chi connectivity index (χ3v) is 7.17. The third-order valence-electron chi connectivity index (χ3n) is 7.17. The average Bonchev–Trinajstić information content (AvgIpc) is 3.69. The van der Waals surface area contributed by atoms with Gasteiger partial charge in [-0.25, -0.2) is 9.78 Å². The van der Waals surface area contributed by atoms with Crippen molar-refractivity contribution in [1.82, 2.24) is 35.1 Å². The minimum absolute atomic E-state index is 0.132. The van der Waals surface area contributed by atoms with Crippen LogP contribution in [0.3, 0.4) is 0 Å². The van der Waals surface area contributed by atoms with Gasteiger partial charge in [-0.05, 0) is 47.7 Å². The van der Waals surface area contributed by atoms with Gasteiger partial charge in [0.15, 0.2) is 0 Å². The fourth-order valence-corrected chi connectivity index (χ4v) is 5.28. The van der Waals surface area contributed by atoms with Crippen LogP contribution in [0.4, 0.5) is 0 Å². The minimum atomic E-state index is -0.934. The molecule has 0 saturated carbocycles. The summed E-state index contributed by atoms with van der Waals surface area (Å²) < 4.78 is 1.93. The number of unbranched alkanes of at least 4 members (excludes halogenated alkanes) is 3. The van der Waals surface area contributed by atoms with Crippen molar-refractivity contribution in [2.24, 2.45) is 0 Å². The van der Waals surface area contributed by atoms with Crippen molar-refractivity contribution in [3.05, 3.63) is 48.8 Å². The number of hydrogen-bond acceptors (Lipinski definition) is 6. The number of amides is 1. The molecule has 10 heteroatoms. The van der Waals surface area contributed by atoms with E-state index in [1.165, 1.54) is 0 Å². The second kappa shape index (κ2) is 10.9. The lowest BCUT2D eigenvalue weighted by Crippen LogP contribution is -2.44. The third kappa shape index (κ3) is 4.96. The van der Waals surface area contributed by atoms with Crippen molar-refractivity contribution in [3.63, 3.8) is 0 Å². The van der Waals surface area contributed by atoms with Gasteiger partial charge in [0.1, 0.15) is 12.1 Å². The highest BCUT2D eigenvalue weighted by Crippen LogP contribution is 2.33. The number of rotatable bonds is 10. The molecular weight excluding hydrogens is 470 g/mol. The predicted molar refractivity (Wildman–Crippen MR) is 139 cm³/mol. The van der Waals surface area contributed by atoms with Crippen LogP contribution in [0, 0.1) is 0 Å². The second-order valence-corrected chi connectivity index (χ2v) is 9.53. The normalized spacial score (nSPS) is 16.4. The van der Waals surface area contributed by atoms with Gasteiger partial charge in [-0.15, -0.1) is 10.2 Å². The summed E-state index contributed by atoms with van der Waals surface area (Å²) in [6.07, 6.45) is 7.71. The van der Waals surface area contributed by atoms with E-state index in [1.807, 2.05) is 47.0 Å². The fraction of sp³-hybridized carbons (Fsp3) is 0.407. The summed E-state index contributed by atoms with van der Waals surface area (Å²) in [5.74, 6) is -0.555. The van der Waals surface area contributed by atoms with Gasteiger partial charge in [0.2, 0.25) is 11.7 Å². The van der Waals surface area contributed by atoms with Crippen molar-refractivity contribution in [1.29, 1.82) is 0 Å². The molecule has 4 aromatic rings. The Bertz CT molecular complexity index is 1380. The maximum Gasteiger partial charge on any atom is 0.326 e. The fourth-order valence-electron chi connectivity index (χ4n) is 5.28. The largest absolute Gasteiger partial charge is 0.480 e. The summed E-state index contributed by atoms with van der Waals surface area (Å²) in [4.78, 5) is 31.7. The molecule has 2 N–H and O–H groups in total. The number of carboxylic acid groups (broad SMARTS) is 1. The molecule has 3 heterocycles. The first kappa shape index (κ1) is 24.6. The number of fused-ring (bicyclic) bond motifs is 1. The summed E-state index contributed by atoms with van der Waals surface area (Å²) in [5.41, 5.74) is 4.37. The number of nitrogens with one attached hydrogen (secondary N) is 1. The first-order valence-electron chi connectivity index (χ1n) is 12.9. The van der Waals surface area contributed by atoms with Crippen LogP contribution in [0.2, 0.25) is 0 Å². The average molecular weight is 502 g/mol. The number of aromatic amines is 1. The van der Waals surface area contributed by atoms with E-state index in [-0.39, 0.29) is 5.91 Å². The lowest BCUT2D eigenvalue weighted by Gasteiger charge is -2.28. The molecule has 1 amide bonds. The second-order valence-electron chi connectivity index (χ2n) is 9.53. The zero-order valence-corrected chi connectivity index (χ0v) is 20.9. The Morgan fingerprint density at radius 3 is 2.73 bits per heavy atom. The van der Waals surface area contributed by atoms with E-state index >= 15 is 0 Å². The number of aliphatic carboxylic acids is 1. The molecule has 37 heavy (non-hydrogen) atoms. The van der Waals surface area contributed by atoms with Gasteiger partial charge in [-0.1, -0.05) is 62.9 Å². The van der Waals surface area contributed by atoms with E-state index in [0.29, 0.717) is 31.6 Å². The number of aromatic nitrogens is 6. The molecule has 1 aliphatic heterocycles. The molecule has 192 valence electrons. The van der Waals surface area contributed by atoms with Crippen molar-refractivity contribution in [2.75, 3.05) is 6.54 Å². The summed E-state index contributed by atoms with van der Waals surface area (Å²) in [7, 11) is 0. The quantitative estimate of drug-likeness (QED) is 0.307. The zero-order valence-electron chi connectivity index (χ0n) is 20.9. The lowest BCUT2D eigenvalue weighted by atomic mass is 9.98. The van der Waals surface area contributed by atoms with Crippen LogP contribution in [0.1, 0.15) is 57.9 Å². The highest BCUT2D eigenvalue weighted by molar-refractivity contribution is 5.90. The summed E-state index contributed by atoms with van der Waals surface area (Å²) in [5, 5.41) is 24.1. The van der Waals surface area contributed by atoms with Crippen LogP contribution < -0.4 is 0 Å². The Labute approximate surface area is 214 Å². The van der Waals surface area contributed by atoms with Crippen molar-refractivity contribution < 1.29 is 14.7 Å². The number of carbonyl (C=O) groups is 2. The Hall–Kier alpha value is -4.08. The maximum absolute atomic E-state index is 13.7. The lowest BCUT2D eigenvalue weighted by molar-refractivity contribution is -0.149. The molecule has 0 radical (unpaired) electrons. The van der Waals surface area contributed by atoms with E-state index < -0.39 is 18.1 Å². The Morgan fingerprint density at radius 2 is 1.97 bits per heavy atom. The Balaban J connectivity index is 1.49. The number of imidazole rings is 1. The molecular formula is C27H31N7O3. The Kier molecular flexibility index (Phi) is 7.25. The monoisotopic (exact) mass is 501 g/mol. The van der Waals surface area contributed by atoms with Crippen LogP contribution in [0.25, 0.3) is 33.5 Å². The number of likely N-dealkylation sites (tertiary alicyclic amines) is 1. The molecule has 0 spiro atoms. The number of H-pyrrole nitrogens is 1. The number of tetrazole rings is 1. The highest BCUT2D eigenvalue weighted by atomic mass is 16.4. The van der Waals surface area contributed by atoms with Gasteiger partial charge in [0.25, 0.3) is 0 Å². The molecule has 10 nitrogen and oxygen atoms in total. The van der Waals surface area contributed by atoms with Gasteiger partial charge in [-0.2, -0.15) is 5.21 Å². The van der Waals surface area contributed by atoms with E-state index in [4.69, 9.17) is 0 Å². The number of carbonyl (C=O) groups excluding carboxylic acids is 1. The Morgan fingerprint density at radius 1 is 1.14 bits per heavy atom. The van der Waals surface area contributed by atoms with Gasteiger partial charge in [0.05, 0.1) is 17.4 Å². The first-order chi connectivity index (χ1) is 18.1. The van der Waals surface area contributed by atoms with E-state index in [9.17, 15) is 14.7 Å². The van der Waals surface area contributed by atoms with Crippen molar-refractivity contribution in [2.45, 2.75) is 64.0 Å². The zero-order chi connectivity index (χ0) is 25.8. The van der Waals surface area contributed by atoms with Gasteiger partial charge < -0.3 is 14.6 Å². The number of nitrogens with zero attached hydrogens (tertiary/aromatic N) is 6. The molecule has 2 unspecified atom stereocenters. The van der Waals surface area contributed by atoms with Gasteiger partial charge in [0, 0.05) is 12.1 Å². The van der Waals surface area contributed by atoms with Crippen LogP contribution in [0.5, 0.6) is 0 Å². The summed E-state index contributed by atoms with van der Waals surface area (Å²) in [6.45, 7) is 2.63. The summed E-state index contributed by atoms with van der Waals surface area (Å²) >= 11 is 0. The smallest absolute Gasteiger partial charge is 0.326 e. The van der Waals surface area contributed by atoms with Crippen molar-refractivity contribution >= 4 is 22.9 Å². The van der Waals surface area contributed by atoms with E-state index in [1.54, 1.807) is 11.2 Å². The highest BCUT2D eigenvalue weighted by Gasteiger charge is 2.37. The number of carboxylic acids is 1. The SMILES string of the molecule is CCCCCCC(C(=O)N1CCCC1C(=O)O)n1cnc2cc(-c3ccccc3-c3nn[nH]n3)ccc21. The van der Waals surface area contributed by atoms with Crippen LogP contribution in [-0.2, 0) is 9.59 Å². The molecule has 0 bridgehead atoms. The molecule has 5 rings (SSSR count). The van der Waals surface area contributed by atoms with E-state index in [2.05, 4.69) is 32.5 Å². The van der Waals surface area contributed by atoms with E-state index in [0.717, 1.165) is 53.4 Å². The molecule has 1 aliphatic rings. The van der Waals surface area contributed by atoms with Crippen LogP contribution in [0.15, 0.2) is 48.8 Å². The van der Waals surface area contributed by atoms with Gasteiger partial charge in [-0.3, -0.25) is 4.79 Å². The predicted octanol–water partition coefficient (Wildman–Crippen LogP) is 4.47. The van der Waals surface area contributed by atoms with Crippen LogP contribution >= 0.6 is 0 Å². The minimum Gasteiger partial charge on any atom is -0.480 e. The maximum atomic E-state index is 13.7. The molecule has 1 fully saturated rings. The number of hydrogen-bond donors (Lipinski definition) is 2. The van der Waals surface area contributed by atoms with Gasteiger partial charge >= 0.3 is 5.97 Å². The summed E-state index contributed by atoms with van der Waals surface area (Å²) in [6, 6.07) is 12.6. The standard InChI is InChI=1S/C27H31N7O3/c1-2-3-4-5-11-23(26(35)33-15-8-12-24(33)27(36)37)34-17-28-21-16-18(13-14-22(21)34)19-9-6-7-10-20(19)25-29-31-32-30-25/h6-7,9-10,13-14,16-17,23-24H,2-5,8,11-12,15H2,1H3,(H,36,37)(H,29,30,31,32). The molecule has 2 atom stereocenters. The molecule has 0 aliphatic carbocycles. The molecule has 2 aromatic heterocycles. The van der Waals surface area contributed by atoms with Crippen molar-refractivity contribution in [3.8, 4) is 22.5 Å². The number of benzene rings is 2. The molecule has 2 aromatic carbocycles. The first-order valence-corrected chi connectivity index (χ1v) is 12.9. The molecule has 1 saturated heterocycles. The topological polar surface area (TPSA) is 130 Å². The van der Waals surface area contributed by atoms with Crippen LogP contribution in [-0.4, -0.2) is 64.6 Å².